The van der Waals surface area contributed by atoms with Crippen molar-refractivity contribution in [3.05, 3.63) is 68.7 Å². The third-order valence-electron chi connectivity index (χ3n) is 3.01. The zero-order valence-electron chi connectivity index (χ0n) is 12.7. The summed E-state index contributed by atoms with van der Waals surface area (Å²) in [7, 11) is 0. The number of aromatic nitrogens is 2. The Morgan fingerprint density at radius 3 is 2.54 bits per heavy atom. The van der Waals surface area contributed by atoms with Gasteiger partial charge in [0.05, 0.1) is 19.3 Å². The standard InChI is InChI=1S/C15H14FN3O5/c1-2-24-15(23)19(8-10-6-4-3-5-7-10)14(22)18-9-11(16)12(20)17-13(18)21/h3-7,9H,2,8H2,1H3,(H,17,20,21). The van der Waals surface area contributed by atoms with Gasteiger partial charge in [-0.3, -0.25) is 9.78 Å². The summed E-state index contributed by atoms with van der Waals surface area (Å²) >= 11 is 0. The largest absolute Gasteiger partial charge is 0.449 e. The van der Waals surface area contributed by atoms with Crippen LogP contribution < -0.4 is 11.2 Å². The zero-order valence-corrected chi connectivity index (χ0v) is 12.7. The predicted octanol–water partition coefficient (Wildman–Crippen LogP) is 1.30. The number of benzene rings is 1. The first-order valence-electron chi connectivity index (χ1n) is 6.98. The molecule has 126 valence electrons. The molecule has 1 N–H and O–H groups in total. The second kappa shape index (κ2) is 7.36. The molecule has 0 unspecified atom stereocenters. The van der Waals surface area contributed by atoms with Gasteiger partial charge in [0, 0.05) is 0 Å². The minimum Gasteiger partial charge on any atom is -0.449 e. The highest BCUT2D eigenvalue weighted by Gasteiger charge is 2.26. The number of carbonyl (C=O) groups excluding carboxylic acids is 2. The molecule has 0 aliphatic rings. The number of carbonyl (C=O) groups is 2. The fourth-order valence-corrected chi connectivity index (χ4v) is 1.90. The lowest BCUT2D eigenvalue weighted by Gasteiger charge is -2.20. The summed E-state index contributed by atoms with van der Waals surface area (Å²) in [5.74, 6) is -1.33. The van der Waals surface area contributed by atoms with Crippen LogP contribution >= 0.6 is 0 Å². The Labute approximate surface area is 135 Å². The molecule has 24 heavy (non-hydrogen) atoms. The van der Waals surface area contributed by atoms with Crippen LogP contribution in [0.2, 0.25) is 0 Å². The van der Waals surface area contributed by atoms with Crippen molar-refractivity contribution in [2.45, 2.75) is 13.5 Å². The maximum absolute atomic E-state index is 13.4. The van der Waals surface area contributed by atoms with E-state index in [4.69, 9.17) is 4.74 Å². The Morgan fingerprint density at radius 1 is 1.25 bits per heavy atom. The first-order valence-corrected chi connectivity index (χ1v) is 6.98. The molecule has 0 atom stereocenters. The first-order chi connectivity index (χ1) is 11.4. The highest BCUT2D eigenvalue weighted by atomic mass is 19.1. The second-order valence-corrected chi connectivity index (χ2v) is 4.66. The minimum atomic E-state index is -1.33. The molecule has 0 spiro atoms. The van der Waals surface area contributed by atoms with Crippen LogP contribution in [0.25, 0.3) is 0 Å². The molecule has 0 saturated heterocycles. The molecule has 9 heteroatoms. The van der Waals surface area contributed by atoms with Crippen LogP contribution in [0.15, 0.2) is 46.1 Å². The number of aromatic amines is 1. The number of nitrogens with one attached hydrogen (secondary N) is 1. The number of halogens is 1. The van der Waals surface area contributed by atoms with E-state index < -0.39 is 29.2 Å². The summed E-state index contributed by atoms with van der Waals surface area (Å²) in [5.41, 5.74) is -1.82. The topological polar surface area (TPSA) is 101 Å². The van der Waals surface area contributed by atoms with Gasteiger partial charge >= 0.3 is 17.8 Å². The Morgan fingerprint density at radius 2 is 1.92 bits per heavy atom. The summed E-state index contributed by atoms with van der Waals surface area (Å²) in [6, 6.07) is 7.34. The Balaban J connectivity index is 2.41. The maximum Gasteiger partial charge on any atom is 0.418 e. The number of hydrogen-bond acceptors (Lipinski definition) is 5. The zero-order chi connectivity index (χ0) is 17.7. The van der Waals surface area contributed by atoms with Crippen molar-refractivity contribution in [2.75, 3.05) is 6.61 Å². The van der Waals surface area contributed by atoms with E-state index in [-0.39, 0.29) is 13.2 Å². The van der Waals surface area contributed by atoms with E-state index in [2.05, 4.69) is 0 Å². The molecule has 1 aromatic carbocycles. The van der Waals surface area contributed by atoms with Crippen LogP contribution in [-0.2, 0) is 11.3 Å². The Bertz CT molecular complexity index is 859. The smallest absolute Gasteiger partial charge is 0.418 e. The molecule has 1 aromatic heterocycles. The van der Waals surface area contributed by atoms with Crippen molar-refractivity contribution < 1.29 is 18.7 Å². The molecule has 0 saturated carbocycles. The number of imide groups is 1. The number of H-pyrrole nitrogens is 1. The lowest BCUT2D eigenvalue weighted by Crippen LogP contribution is -2.45. The highest BCUT2D eigenvalue weighted by Crippen LogP contribution is 2.08. The number of hydrogen-bond donors (Lipinski definition) is 1. The number of rotatable bonds is 3. The summed E-state index contributed by atoms with van der Waals surface area (Å²) in [6.45, 7) is 1.37. The molecule has 0 aliphatic carbocycles. The van der Waals surface area contributed by atoms with Gasteiger partial charge < -0.3 is 4.74 Å². The number of ether oxygens (including phenoxy) is 1. The second-order valence-electron chi connectivity index (χ2n) is 4.66. The average Bonchev–Trinajstić information content (AvgIpc) is 2.56. The summed E-state index contributed by atoms with van der Waals surface area (Å²) in [5, 5.41) is 0. The third kappa shape index (κ3) is 3.75. The van der Waals surface area contributed by atoms with Gasteiger partial charge in [0.15, 0.2) is 0 Å². The van der Waals surface area contributed by atoms with Crippen LogP contribution in [0.3, 0.4) is 0 Å². The normalized spacial score (nSPS) is 10.2. The lowest BCUT2D eigenvalue weighted by molar-refractivity contribution is 0.112. The summed E-state index contributed by atoms with van der Waals surface area (Å²) < 4.78 is 18.5. The van der Waals surface area contributed by atoms with Gasteiger partial charge in [-0.05, 0) is 12.5 Å². The fourth-order valence-electron chi connectivity index (χ4n) is 1.90. The monoisotopic (exact) mass is 335 g/mol. The van der Waals surface area contributed by atoms with Gasteiger partial charge in [-0.2, -0.15) is 4.39 Å². The van der Waals surface area contributed by atoms with E-state index in [1.54, 1.807) is 42.2 Å². The SMILES string of the molecule is CCOC(=O)N(Cc1ccccc1)C(=O)n1cc(F)c(=O)[nH]c1=O. The predicted molar refractivity (Wildman–Crippen MR) is 81.1 cm³/mol. The molecule has 0 radical (unpaired) electrons. The molecule has 0 bridgehead atoms. The van der Waals surface area contributed by atoms with Crippen molar-refractivity contribution in [1.82, 2.24) is 14.5 Å². The van der Waals surface area contributed by atoms with Gasteiger partial charge in [0.2, 0.25) is 5.82 Å². The number of nitrogens with zero attached hydrogens (tertiary/aromatic N) is 2. The average molecular weight is 335 g/mol. The van der Waals surface area contributed by atoms with Crippen LogP contribution in [-0.4, -0.2) is 33.2 Å². The van der Waals surface area contributed by atoms with E-state index >= 15 is 0 Å². The molecule has 1 heterocycles. The molecule has 2 rings (SSSR count). The van der Waals surface area contributed by atoms with Gasteiger partial charge in [-0.25, -0.2) is 23.9 Å². The van der Waals surface area contributed by atoms with Gasteiger partial charge in [0.1, 0.15) is 0 Å². The van der Waals surface area contributed by atoms with E-state index in [0.29, 0.717) is 21.2 Å². The van der Waals surface area contributed by atoms with Crippen molar-refractivity contribution >= 4 is 12.1 Å². The van der Waals surface area contributed by atoms with Crippen molar-refractivity contribution in [1.29, 1.82) is 0 Å². The van der Waals surface area contributed by atoms with Crippen molar-refractivity contribution in [3.8, 4) is 0 Å². The summed E-state index contributed by atoms with van der Waals surface area (Å²) in [4.78, 5) is 49.5. The quantitative estimate of drug-likeness (QED) is 0.911. The van der Waals surface area contributed by atoms with Crippen molar-refractivity contribution in [2.24, 2.45) is 0 Å². The van der Waals surface area contributed by atoms with E-state index in [0.717, 1.165) is 0 Å². The lowest BCUT2D eigenvalue weighted by atomic mass is 10.2. The maximum atomic E-state index is 13.4. The highest BCUT2D eigenvalue weighted by molar-refractivity contribution is 5.91. The molecule has 2 aromatic rings. The van der Waals surface area contributed by atoms with Crippen LogP contribution in [0.5, 0.6) is 0 Å². The Kier molecular flexibility index (Phi) is 5.25. The van der Waals surface area contributed by atoms with Crippen molar-refractivity contribution in [3.63, 3.8) is 0 Å². The molecule has 0 fully saturated rings. The Hall–Kier alpha value is -3.23. The molecular formula is C15H14FN3O5. The molecule has 2 amide bonds. The third-order valence-corrected chi connectivity index (χ3v) is 3.01. The van der Waals surface area contributed by atoms with E-state index in [1.807, 2.05) is 0 Å². The minimum absolute atomic E-state index is 0.00624. The van der Waals surface area contributed by atoms with E-state index in [9.17, 15) is 23.6 Å². The molecular weight excluding hydrogens is 321 g/mol. The van der Waals surface area contributed by atoms with Gasteiger partial charge in [0.25, 0.3) is 5.56 Å². The van der Waals surface area contributed by atoms with Crippen LogP contribution in [0, 0.1) is 5.82 Å². The summed E-state index contributed by atoms with van der Waals surface area (Å²) in [6.07, 6.45) is -0.564. The van der Waals surface area contributed by atoms with Gasteiger partial charge in [-0.15, -0.1) is 0 Å². The van der Waals surface area contributed by atoms with Gasteiger partial charge in [-0.1, -0.05) is 30.3 Å². The van der Waals surface area contributed by atoms with Crippen LogP contribution in [0.1, 0.15) is 12.5 Å². The number of amides is 2. The fraction of sp³-hybridized carbons (Fsp3) is 0.200. The van der Waals surface area contributed by atoms with Crippen LogP contribution in [0.4, 0.5) is 14.0 Å². The molecule has 0 aliphatic heterocycles. The molecule has 8 nitrogen and oxygen atoms in total. The first kappa shape index (κ1) is 17.1. The van der Waals surface area contributed by atoms with E-state index in [1.165, 1.54) is 0 Å².